The summed E-state index contributed by atoms with van der Waals surface area (Å²) < 4.78 is 13.3. The fraction of sp³-hybridized carbons (Fsp3) is 0.538. The van der Waals surface area contributed by atoms with Gasteiger partial charge < -0.3 is 15.5 Å². The van der Waals surface area contributed by atoms with Gasteiger partial charge in [-0.25, -0.2) is 4.39 Å². The van der Waals surface area contributed by atoms with E-state index in [0.717, 1.165) is 6.42 Å². The minimum Gasteiger partial charge on any atom is -0.396 e. The van der Waals surface area contributed by atoms with Crippen molar-refractivity contribution >= 4 is 0 Å². The predicted octanol–water partition coefficient (Wildman–Crippen LogP) is 1.47. The van der Waals surface area contributed by atoms with E-state index in [4.69, 9.17) is 5.11 Å². The molecule has 0 radical (unpaired) electrons. The summed E-state index contributed by atoms with van der Waals surface area (Å²) in [4.78, 5) is 0. The van der Waals surface area contributed by atoms with Crippen LogP contribution in [-0.2, 0) is 0 Å². The lowest BCUT2D eigenvalue weighted by Gasteiger charge is -2.15. The minimum absolute atomic E-state index is 0.165. The van der Waals surface area contributed by atoms with Gasteiger partial charge in [0.1, 0.15) is 5.82 Å². The second kappa shape index (κ2) is 7.37. The van der Waals surface area contributed by atoms with Crippen LogP contribution in [0.1, 0.15) is 25.0 Å². The van der Waals surface area contributed by atoms with Crippen LogP contribution in [0.25, 0.3) is 0 Å². The molecule has 4 heteroatoms. The van der Waals surface area contributed by atoms with E-state index >= 15 is 0 Å². The van der Waals surface area contributed by atoms with Gasteiger partial charge in [0.15, 0.2) is 0 Å². The number of rotatable bonds is 7. The Morgan fingerprint density at radius 3 is 2.65 bits per heavy atom. The normalized spacial score (nSPS) is 14.6. The number of benzene rings is 1. The number of halogens is 1. The van der Waals surface area contributed by atoms with Gasteiger partial charge in [0.25, 0.3) is 0 Å². The van der Waals surface area contributed by atoms with Crippen LogP contribution >= 0.6 is 0 Å². The first-order valence-electron chi connectivity index (χ1n) is 5.89. The molecule has 0 fully saturated rings. The molecule has 1 rings (SSSR count). The summed E-state index contributed by atoms with van der Waals surface area (Å²) >= 11 is 0. The fourth-order valence-corrected chi connectivity index (χ4v) is 1.64. The first-order valence-corrected chi connectivity index (χ1v) is 5.89. The molecule has 0 amide bonds. The maximum absolute atomic E-state index is 13.3. The summed E-state index contributed by atoms with van der Waals surface area (Å²) in [6.07, 6.45) is -0.111. The molecule has 0 aromatic heterocycles. The lowest BCUT2D eigenvalue weighted by molar-refractivity contribution is 0.167. The molecule has 2 unspecified atom stereocenters. The van der Waals surface area contributed by atoms with Gasteiger partial charge in [-0.3, -0.25) is 0 Å². The average Bonchev–Trinajstić information content (AvgIpc) is 2.29. The Bertz CT molecular complexity index is 333. The van der Waals surface area contributed by atoms with Crippen LogP contribution in [0.3, 0.4) is 0 Å². The van der Waals surface area contributed by atoms with Gasteiger partial charge in [-0.05, 0) is 24.9 Å². The average molecular weight is 241 g/mol. The summed E-state index contributed by atoms with van der Waals surface area (Å²) in [6.45, 7) is 3.19. The maximum atomic E-state index is 13.3. The standard InChI is InChI=1S/C13H20FNO2/c1-10(6-7-16)8-15-9-13(17)11-4-2-3-5-12(11)14/h2-5,10,13,15-17H,6-9H2,1H3. The second-order valence-corrected chi connectivity index (χ2v) is 4.31. The first kappa shape index (κ1) is 14.1. The Kier molecular flexibility index (Phi) is 6.11. The van der Waals surface area contributed by atoms with Crippen LogP contribution in [-0.4, -0.2) is 29.9 Å². The van der Waals surface area contributed by atoms with Crippen molar-refractivity contribution in [1.82, 2.24) is 5.32 Å². The number of aliphatic hydroxyl groups is 2. The van der Waals surface area contributed by atoms with E-state index in [9.17, 15) is 9.50 Å². The van der Waals surface area contributed by atoms with Crippen LogP contribution in [0.5, 0.6) is 0 Å². The molecule has 0 aliphatic carbocycles. The van der Waals surface area contributed by atoms with Gasteiger partial charge in [-0.1, -0.05) is 25.1 Å². The maximum Gasteiger partial charge on any atom is 0.129 e. The third kappa shape index (κ3) is 4.81. The van der Waals surface area contributed by atoms with E-state index in [1.807, 2.05) is 6.92 Å². The van der Waals surface area contributed by atoms with Crippen molar-refractivity contribution < 1.29 is 14.6 Å². The minimum atomic E-state index is -0.836. The van der Waals surface area contributed by atoms with Crippen molar-refractivity contribution in [2.75, 3.05) is 19.7 Å². The highest BCUT2D eigenvalue weighted by Gasteiger charge is 2.11. The summed E-state index contributed by atoms with van der Waals surface area (Å²) in [5.74, 6) is -0.0435. The largest absolute Gasteiger partial charge is 0.396 e. The quantitative estimate of drug-likeness (QED) is 0.677. The molecular weight excluding hydrogens is 221 g/mol. The van der Waals surface area contributed by atoms with Crippen molar-refractivity contribution in [1.29, 1.82) is 0 Å². The van der Waals surface area contributed by atoms with Gasteiger partial charge in [-0.2, -0.15) is 0 Å². The highest BCUT2D eigenvalue weighted by molar-refractivity contribution is 5.19. The predicted molar refractivity (Wildman–Crippen MR) is 65.1 cm³/mol. The zero-order valence-electron chi connectivity index (χ0n) is 10.1. The molecule has 96 valence electrons. The zero-order valence-corrected chi connectivity index (χ0v) is 10.1. The highest BCUT2D eigenvalue weighted by Crippen LogP contribution is 2.15. The zero-order chi connectivity index (χ0) is 12.7. The Balaban J connectivity index is 2.35. The Hall–Kier alpha value is -0.970. The molecule has 1 aromatic carbocycles. The molecule has 0 heterocycles. The lowest BCUT2D eigenvalue weighted by Crippen LogP contribution is -2.27. The molecule has 17 heavy (non-hydrogen) atoms. The second-order valence-electron chi connectivity index (χ2n) is 4.31. The van der Waals surface area contributed by atoms with Crippen molar-refractivity contribution in [3.63, 3.8) is 0 Å². The summed E-state index contributed by atoms with van der Waals surface area (Å²) in [7, 11) is 0. The number of nitrogens with one attached hydrogen (secondary N) is 1. The highest BCUT2D eigenvalue weighted by atomic mass is 19.1. The van der Waals surface area contributed by atoms with E-state index < -0.39 is 6.10 Å². The molecule has 3 N–H and O–H groups in total. The van der Waals surface area contributed by atoms with Crippen LogP contribution < -0.4 is 5.32 Å². The van der Waals surface area contributed by atoms with Gasteiger partial charge in [-0.15, -0.1) is 0 Å². The van der Waals surface area contributed by atoms with E-state index in [-0.39, 0.29) is 12.4 Å². The SMILES string of the molecule is CC(CCO)CNCC(O)c1ccccc1F. The molecular formula is C13H20FNO2. The van der Waals surface area contributed by atoms with Gasteiger partial charge in [0, 0.05) is 18.7 Å². The van der Waals surface area contributed by atoms with E-state index in [1.54, 1.807) is 18.2 Å². The molecule has 0 aliphatic heterocycles. The molecule has 0 bridgehead atoms. The van der Waals surface area contributed by atoms with Crippen molar-refractivity contribution in [3.05, 3.63) is 35.6 Å². The van der Waals surface area contributed by atoms with E-state index in [0.29, 0.717) is 24.6 Å². The van der Waals surface area contributed by atoms with Crippen molar-refractivity contribution in [2.45, 2.75) is 19.4 Å². The van der Waals surface area contributed by atoms with Crippen LogP contribution in [0, 0.1) is 11.7 Å². The summed E-state index contributed by atoms with van der Waals surface area (Å²) in [6, 6.07) is 6.23. The van der Waals surface area contributed by atoms with Gasteiger partial charge >= 0.3 is 0 Å². The van der Waals surface area contributed by atoms with E-state index in [1.165, 1.54) is 6.07 Å². The number of hydrogen-bond acceptors (Lipinski definition) is 3. The Labute approximate surface area is 101 Å². The van der Waals surface area contributed by atoms with Gasteiger partial charge in [0.05, 0.1) is 6.10 Å². The van der Waals surface area contributed by atoms with E-state index in [2.05, 4.69) is 5.32 Å². The molecule has 3 nitrogen and oxygen atoms in total. The van der Waals surface area contributed by atoms with Crippen LogP contribution in [0.15, 0.2) is 24.3 Å². The smallest absolute Gasteiger partial charge is 0.129 e. The summed E-state index contributed by atoms with van der Waals surface area (Å²) in [5.41, 5.74) is 0.315. The van der Waals surface area contributed by atoms with Crippen molar-refractivity contribution in [2.24, 2.45) is 5.92 Å². The molecule has 0 saturated heterocycles. The molecule has 2 atom stereocenters. The third-order valence-electron chi connectivity index (χ3n) is 2.72. The third-order valence-corrected chi connectivity index (χ3v) is 2.72. The summed E-state index contributed by atoms with van der Waals surface area (Å²) in [5, 5.41) is 21.6. The molecule has 0 saturated carbocycles. The molecule has 0 aliphatic rings. The van der Waals surface area contributed by atoms with Crippen LogP contribution in [0.4, 0.5) is 4.39 Å². The fourth-order valence-electron chi connectivity index (χ4n) is 1.64. The Morgan fingerprint density at radius 1 is 1.29 bits per heavy atom. The lowest BCUT2D eigenvalue weighted by atomic mass is 10.1. The number of hydrogen-bond donors (Lipinski definition) is 3. The van der Waals surface area contributed by atoms with Gasteiger partial charge in [0.2, 0.25) is 0 Å². The molecule has 1 aromatic rings. The molecule has 0 spiro atoms. The Morgan fingerprint density at radius 2 is 2.00 bits per heavy atom. The van der Waals surface area contributed by atoms with Crippen molar-refractivity contribution in [3.8, 4) is 0 Å². The topological polar surface area (TPSA) is 52.5 Å². The monoisotopic (exact) mass is 241 g/mol. The number of aliphatic hydroxyl groups excluding tert-OH is 2. The first-order chi connectivity index (χ1) is 8.15. The van der Waals surface area contributed by atoms with Crippen LogP contribution in [0.2, 0.25) is 0 Å².